The van der Waals surface area contributed by atoms with Gasteiger partial charge < -0.3 is 19.2 Å². The normalized spacial score (nSPS) is 10.9. The van der Waals surface area contributed by atoms with Gasteiger partial charge in [-0.1, -0.05) is 0 Å². The number of ether oxygens (including phenoxy) is 2. The standard InChI is InChI=1S/C19H17N3O8S/c1-28-14-6-3-12(4-7-14)21-31(26,27)17-11-13(5-8-15(17)29-2)20-19(23)16-9-10-18(30-16)22(24)25/h3-11,21H,1-2H3,(H,20,23). The largest absolute Gasteiger partial charge is 0.497 e. The maximum absolute atomic E-state index is 12.9. The topological polar surface area (TPSA) is 150 Å². The number of hydrogen-bond donors (Lipinski definition) is 2. The van der Waals surface area contributed by atoms with Crippen LogP contribution in [0, 0.1) is 10.1 Å². The van der Waals surface area contributed by atoms with E-state index in [2.05, 4.69) is 10.0 Å². The maximum atomic E-state index is 12.9. The summed E-state index contributed by atoms with van der Waals surface area (Å²) < 4.78 is 43.2. The Labute approximate surface area is 176 Å². The van der Waals surface area contributed by atoms with E-state index in [0.717, 1.165) is 12.1 Å². The Balaban J connectivity index is 1.86. The van der Waals surface area contributed by atoms with Crippen molar-refractivity contribution in [2.75, 3.05) is 24.3 Å². The summed E-state index contributed by atoms with van der Waals surface area (Å²) in [4.78, 5) is 22.0. The maximum Gasteiger partial charge on any atom is 0.433 e. The van der Waals surface area contributed by atoms with Gasteiger partial charge in [0.05, 0.1) is 20.3 Å². The summed E-state index contributed by atoms with van der Waals surface area (Å²) in [5.41, 5.74) is 0.403. The molecule has 1 amide bonds. The smallest absolute Gasteiger partial charge is 0.433 e. The Morgan fingerprint density at radius 1 is 1.00 bits per heavy atom. The molecule has 1 aromatic heterocycles. The molecular formula is C19H17N3O8S. The number of benzene rings is 2. The van der Waals surface area contributed by atoms with Crippen LogP contribution in [0.4, 0.5) is 17.3 Å². The number of sulfonamides is 1. The van der Waals surface area contributed by atoms with Crippen molar-refractivity contribution < 1.29 is 32.0 Å². The minimum absolute atomic E-state index is 0.0487. The van der Waals surface area contributed by atoms with E-state index >= 15 is 0 Å². The van der Waals surface area contributed by atoms with Crippen molar-refractivity contribution in [1.29, 1.82) is 0 Å². The Hall–Kier alpha value is -4.06. The van der Waals surface area contributed by atoms with Crippen LogP contribution < -0.4 is 19.5 Å². The first-order valence-electron chi connectivity index (χ1n) is 8.64. The van der Waals surface area contributed by atoms with E-state index in [9.17, 15) is 23.3 Å². The van der Waals surface area contributed by atoms with Crippen LogP contribution in [-0.2, 0) is 10.0 Å². The zero-order valence-electron chi connectivity index (χ0n) is 16.3. The van der Waals surface area contributed by atoms with Gasteiger partial charge in [0, 0.05) is 11.4 Å². The molecule has 2 N–H and O–H groups in total. The van der Waals surface area contributed by atoms with Crippen LogP contribution in [0.3, 0.4) is 0 Å². The summed E-state index contributed by atoms with van der Waals surface area (Å²) in [7, 11) is -1.29. The predicted molar refractivity (Wildman–Crippen MR) is 110 cm³/mol. The third-order valence-corrected chi connectivity index (χ3v) is 5.45. The van der Waals surface area contributed by atoms with Gasteiger partial charge in [0.2, 0.25) is 0 Å². The van der Waals surface area contributed by atoms with Gasteiger partial charge >= 0.3 is 5.88 Å². The highest BCUT2D eigenvalue weighted by molar-refractivity contribution is 7.92. The van der Waals surface area contributed by atoms with Gasteiger partial charge in [-0.2, -0.15) is 0 Å². The summed E-state index contributed by atoms with van der Waals surface area (Å²) in [6.07, 6.45) is 0. The molecule has 3 rings (SSSR count). The van der Waals surface area contributed by atoms with Crippen molar-refractivity contribution in [3.05, 3.63) is 70.5 Å². The second-order valence-electron chi connectivity index (χ2n) is 6.05. The van der Waals surface area contributed by atoms with E-state index in [1.807, 2.05) is 0 Å². The zero-order valence-corrected chi connectivity index (χ0v) is 17.1. The molecule has 0 atom stereocenters. The Morgan fingerprint density at radius 2 is 1.68 bits per heavy atom. The van der Waals surface area contributed by atoms with E-state index in [1.165, 1.54) is 44.6 Å². The van der Waals surface area contributed by atoms with Gasteiger partial charge in [0.1, 0.15) is 21.3 Å². The van der Waals surface area contributed by atoms with Crippen molar-refractivity contribution in [2.24, 2.45) is 0 Å². The Morgan fingerprint density at radius 3 is 2.26 bits per heavy atom. The highest BCUT2D eigenvalue weighted by Crippen LogP contribution is 2.29. The van der Waals surface area contributed by atoms with Crippen molar-refractivity contribution in [2.45, 2.75) is 4.90 Å². The van der Waals surface area contributed by atoms with E-state index in [4.69, 9.17) is 13.9 Å². The second kappa shape index (κ2) is 8.75. The number of nitro groups is 1. The molecule has 0 saturated carbocycles. The fourth-order valence-electron chi connectivity index (χ4n) is 2.57. The number of anilines is 2. The highest BCUT2D eigenvalue weighted by atomic mass is 32.2. The molecule has 0 aliphatic rings. The third-order valence-electron chi connectivity index (χ3n) is 4.05. The molecule has 1 heterocycles. The number of amides is 1. The number of methoxy groups -OCH3 is 2. The van der Waals surface area contributed by atoms with Crippen molar-refractivity contribution in [3.8, 4) is 11.5 Å². The monoisotopic (exact) mass is 447 g/mol. The lowest BCUT2D eigenvalue weighted by Gasteiger charge is -2.13. The first kappa shape index (κ1) is 21.6. The van der Waals surface area contributed by atoms with Gasteiger partial charge in [-0.25, -0.2) is 8.42 Å². The van der Waals surface area contributed by atoms with Crippen LogP contribution in [0.1, 0.15) is 10.6 Å². The molecule has 3 aromatic rings. The lowest BCUT2D eigenvalue weighted by molar-refractivity contribution is -0.402. The molecule has 31 heavy (non-hydrogen) atoms. The van der Waals surface area contributed by atoms with Crippen LogP contribution in [0.25, 0.3) is 0 Å². The number of carbonyl (C=O) groups excluding carboxylic acids is 1. The summed E-state index contributed by atoms with van der Waals surface area (Å²) >= 11 is 0. The quantitative estimate of drug-likeness (QED) is 0.395. The minimum atomic E-state index is -4.09. The Kier molecular flexibility index (Phi) is 6.11. The SMILES string of the molecule is COc1ccc(NS(=O)(=O)c2cc(NC(=O)c3ccc([N+](=O)[O-])o3)ccc2OC)cc1. The molecule has 0 fully saturated rings. The summed E-state index contributed by atoms with van der Waals surface area (Å²) in [5.74, 6) is -1.07. The van der Waals surface area contributed by atoms with Gasteiger partial charge in [0.25, 0.3) is 15.9 Å². The van der Waals surface area contributed by atoms with Crippen LogP contribution in [0.15, 0.2) is 63.9 Å². The first-order valence-corrected chi connectivity index (χ1v) is 10.1. The predicted octanol–water partition coefficient (Wildman–Crippen LogP) is 3.26. The zero-order chi connectivity index (χ0) is 22.6. The van der Waals surface area contributed by atoms with Crippen molar-refractivity contribution in [1.82, 2.24) is 0 Å². The fourth-order valence-corrected chi connectivity index (χ4v) is 3.83. The molecular weight excluding hydrogens is 430 g/mol. The van der Waals surface area contributed by atoms with Gasteiger partial charge in [-0.3, -0.25) is 19.6 Å². The van der Waals surface area contributed by atoms with E-state index in [0.29, 0.717) is 11.4 Å². The number of hydrogen-bond acceptors (Lipinski definition) is 8. The molecule has 11 nitrogen and oxygen atoms in total. The molecule has 0 unspecified atom stereocenters. The molecule has 0 bridgehead atoms. The minimum Gasteiger partial charge on any atom is -0.497 e. The molecule has 0 aliphatic heterocycles. The molecule has 12 heteroatoms. The number of carbonyl (C=O) groups is 1. The third kappa shape index (κ3) is 4.93. The van der Waals surface area contributed by atoms with E-state index in [-0.39, 0.29) is 22.1 Å². The molecule has 0 saturated heterocycles. The highest BCUT2D eigenvalue weighted by Gasteiger charge is 2.22. The van der Waals surface area contributed by atoms with Crippen LogP contribution >= 0.6 is 0 Å². The summed E-state index contributed by atoms with van der Waals surface area (Å²) in [6, 6.07) is 12.4. The van der Waals surface area contributed by atoms with Gasteiger partial charge in [-0.05, 0) is 48.5 Å². The summed E-state index contributed by atoms with van der Waals surface area (Å²) in [6.45, 7) is 0. The molecule has 0 spiro atoms. The van der Waals surface area contributed by atoms with Crippen LogP contribution in [0.5, 0.6) is 11.5 Å². The lowest BCUT2D eigenvalue weighted by Crippen LogP contribution is -2.16. The molecule has 0 aliphatic carbocycles. The first-order chi connectivity index (χ1) is 14.7. The number of rotatable bonds is 8. The van der Waals surface area contributed by atoms with Crippen molar-refractivity contribution in [3.63, 3.8) is 0 Å². The van der Waals surface area contributed by atoms with Gasteiger partial charge in [-0.15, -0.1) is 0 Å². The van der Waals surface area contributed by atoms with Crippen molar-refractivity contribution >= 4 is 33.2 Å². The lowest BCUT2D eigenvalue weighted by atomic mass is 10.3. The van der Waals surface area contributed by atoms with Gasteiger partial charge in [0.15, 0.2) is 5.76 Å². The van der Waals surface area contributed by atoms with Crippen LogP contribution in [0.2, 0.25) is 0 Å². The second-order valence-corrected chi connectivity index (χ2v) is 7.70. The van der Waals surface area contributed by atoms with E-state index < -0.39 is 26.7 Å². The fraction of sp³-hybridized carbons (Fsp3) is 0.105. The van der Waals surface area contributed by atoms with E-state index in [1.54, 1.807) is 12.1 Å². The average Bonchev–Trinajstić information content (AvgIpc) is 3.25. The number of nitrogens with zero attached hydrogens (tertiary/aromatic N) is 1. The Bertz CT molecular complexity index is 1220. The average molecular weight is 447 g/mol. The number of furan rings is 1. The summed E-state index contributed by atoms with van der Waals surface area (Å²) in [5, 5.41) is 13.1. The molecule has 162 valence electrons. The molecule has 0 radical (unpaired) electrons. The van der Waals surface area contributed by atoms with Crippen LogP contribution in [-0.4, -0.2) is 33.5 Å². The number of nitrogens with one attached hydrogen (secondary N) is 2. The molecule has 2 aromatic carbocycles.